The fraction of sp³-hybridized carbons (Fsp3) is 0.429. The van der Waals surface area contributed by atoms with Crippen molar-refractivity contribution in [2.75, 3.05) is 7.05 Å². The second-order valence-electron chi connectivity index (χ2n) is 6.76. The largest absolute Gasteiger partial charge is 0.382 e. The molecule has 1 fully saturated rings. The third kappa shape index (κ3) is 3.36. The molecule has 0 unspecified atom stereocenters. The number of benzene rings is 1. The number of aromatic nitrogens is 1. The smallest absolute Gasteiger partial charge is 0.0861 e. The molecule has 0 radical (unpaired) electrons. The summed E-state index contributed by atoms with van der Waals surface area (Å²) in [6.07, 6.45) is 11.0. The van der Waals surface area contributed by atoms with Gasteiger partial charge in [0, 0.05) is 24.9 Å². The van der Waals surface area contributed by atoms with Gasteiger partial charge in [-0.05, 0) is 48.8 Å². The summed E-state index contributed by atoms with van der Waals surface area (Å²) >= 11 is 5.84. The van der Waals surface area contributed by atoms with Gasteiger partial charge in [0.15, 0.2) is 0 Å². The highest BCUT2D eigenvalue weighted by Crippen LogP contribution is 2.46. The van der Waals surface area contributed by atoms with Crippen LogP contribution < -0.4 is 5.32 Å². The highest BCUT2D eigenvalue weighted by Gasteiger charge is 2.45. The molecule has 2 aromatic rings. The Bertz CT molecular complexity index is 656. The van der Waals surface area contributed by atoms with Crippen molar-refractivity contribution in [3.8, 4) is 0 Å². The van der Waals surface area contributed by atoms with Gasteiger partial charge in [0.05, 0.1) is 4.99 Å². The van der Waals surface area contributed by atoms with Gasteiger partial charge in [-0.1, -0.05) is 61.5 Å². The number of pyridine rings is 1. The molecule has 126 valence electrons. The van der Waals surface area contributed by atoms with Gasteiger partial charge < -0.3 is 5.32 Å². The van der Waals surface area contributed by atoms with Crippen molar-refractivity contribution in [3.63, 3.8) is 0 Å². The lowest BCUT2D eigenvalue weighted by Gasteiger charge is -2.45. The van der Waals surface area contributed by atoms with Gasteiger partial charge in [-0.25, -0.2) is 0 Å². The van der Waals surface area contributed by atoms with Crippen molar-refractivity contribution in [2.24, 2.45) is 5.92 Å². The number of rotatable bonds is 5. The minimum Gasteiger partial charge on any atom is -0.382 e. The molecule has 24 heavy (non-hydrogen) atoms. The number of thiocarbonyl (C=S) groups is 1. The standard InChI is InChI=1S/C21H26N2S/c1-22-20(24)21(19-11-7-15-23-16-19)14-6-5-10-18(21)13-12-17-8-3-2-4-9-17/h2-4,7-9,11,15-16,18H,5-6,10,12-14H2,1H3,(H,22,24)/t18-,21+/m1/s1. The van der Waals surface area contributed by atoms with E-state index in [2.05, 4.69) is 46.7 Å². The van der Waals surface area contributed by atoms with Crippen LogP contribution >= 0.6 is 12.2 Å². The van der Waals surface area contributed by atoms with E-state index in [9.17, 15) is 0 Å². The molecule has 0 saturated heterocycles. The molecule has 3 rings (SSSR count). The molecule has 1 saturated carbocycles. The summed E-state index contributed by atoms with van der Waals surface area (Å²) in [7, 11) is 1.96. The van der Waals surface area contributed by atoms with Gasteiger partial charge in [-0.2, -0.15) is 0 Å². The van der Waals surface area contributed by atoms with Gasteiger partial charge >= 0.3 is 0 Å². The van der Waals surface area contributed by atoms with Crippen molar-refractivity contribution >= 4 is 17.2 Å². The van der Waals surface area contributed by atoms with Crippen molar-refractivity contribution in [2.45, 2.75) is 43.9 Å². The fourth-order valence-corrected chi connectivity index (χ4v) is 4.67. The molecule has 1 aromatic carbocycles. The summed E-state index contributed by atoms with van der Waals surface area (Å²) in [4.78, 5) is 5.37. The third-order valence-electron chi connectivity index (χ3n) is 5.50. The molecule has 0 aliphatic heterocycles. The first-order chi connectivity index (χ1) is 11.8. The lowest BCUT2D eigenvalue weighted by Crippen LogP contribution is -2.49. The first-order valence-electron chi connectivity index (χ1n) is 8.94. The van der Waals surface area contributed by atoms with Crippen LogP contribution in [0.15, 0.2) is 54.9 Å². The normalized spacial score (nSPS) is 23.6. The van der Waals surface area contributed by atoms with E-state index in [4.69, 9.17) is 12.2 Å². The van der Waals surface area contributed by atoms with Crippen molar-refractivity contribution in [3.05, 3.63) is 66.0 Å². The molecule has 1 heterocycles. The van der Waals surface area contributed by atoms with E-state index in [1.807, 2.05) is 25.5 Å². The van der Waals surface area contributed by atoms with Crippen LogP contribution in [-0.2, 0) is 11.8 Å². The number of aryl methyl sites for hydroxylation is 1. The number of likely N-dealkylation sites (N-methyl/N-ethyl adjacent to an activating group) is 1. The Morgan fingerprint density at radius 3 is 2.75 bits per heavy atom. The predicted molar refractivity (Wildman–Crippen MR) is 104 cm³/mol. The maximum Gasteiger partial charge on any atom is 0.0861 e. The van der Waals surface area contributed by atoms with Crippen LogP contribution in [0, 0.1) is 5.92 Å². The summed E-state index contributed by atoms with van der Waals surface area (Å²) in [6, 6.07) is 15.0. The SMILES string of the molecule is CNC(=S)[C@@]1(c2cccnc2)CCCC[C@@H]1CCc1ccccc1. The zero-order chi connectivity index (χ0) is 16.8. The van der Waals surface area contributed by atoms with Crippen molar-refractivity contribution in [1.29, 1.82) is 0 Å². The van der Waals surface area contributed by atoms with Gasteiger partial charge in [0.2, 0.25) is 0 Å². The lowest BCUT2D eigenvalue weighted by molar-refractivity contribution is 0.238. The minimum atomic E-state index is -0.0641. The van der Waals surface area contributed by atoms with E-state index in [1.165, 1.54) is 36.8 Å². The molecule has 2 atom stereocenters. The Labute approximate surface area is 150 Å². The molecule has 1 N–H and O–H groups in total. The van der Waals surface area contributed by atoms with E-state index < -0.39 is 0 Å². The molecular formula is C21H26N2S. The van der Waals surface area contributed by atoms with Crippen LogP contribution in [0.2, 0.25) is 0 Å². The zero-order valence-corrected chi connectivity index (χ0v) is 15.2. The maximum absolute atomic E-state index is 5.84. The van der Waals surface area contributed by atoms with Gasteiger partial charge in [0.1, 0.15) is 0 Å². The molecule has 2 nitrogen and oxygen atoms in total. The summed E-state index contributed by atoms with van der Waals surface area (Å²) < 4.78 is 0. The molecule has 0 amide bonds. The Balaban J connectivity index is 1.90. The summed E-state index contributed by atoms with van der Waals surface area (Å²) in [5.74, 6) is 0.565. The van der Waals surface area contributed by atoms with Gasteiger partial charge in [-0.15, -0.1) is 0 Å². The van der Waals surface area contributed by atoms with Crippen molar-refractivity contribution < 1.29 is 0 Å². The highest BCUT2D eigenvalue weighted by atomic mass is 32.1. The maximum atomic E-state index is 5.84. The Kier molecular flexibility index (Phi) is 5.62. The third-order valence-corrected chi connectivity index (χ3v) is 6.07. The molecule has 1 aliphatic rings. The minimum absolute atomic E-state index is 0.0641. The zero-order valence-electron chi connectivity index (χ0n) is 14.4. The summed E-state index contributed by atoms with van der Waals surface area (Å²) in [5.41, 5.74) is 2.63. The number of nitrogens with zero attached hydrogens (tertiary/aromatic N) is 1. The van der Waals surface area contributed by atoms with Crippen LogP contribution in [0.1, 0.15) is 43.2 Å². The average molecular weight is 339 g/mol. The van der Waals surface area contributed by atoms with E-state index in [0.29, 0.717) is 5.92 Å². The highest BCUT2D eigenvalue weighted by molar-refractivity contribution is 7.80. The Morgan fingerprint density at radius 2 is 2.04 bits per heavy atom. The van der Waals surface area contributed by atoms with Crippen LogP contribution in [0.25, 0.3) is 0 Å². The summed E-state index contributed by atoms with van der Waals surface area (Å²) in [6.45, 7) is 0. The molecule has 0 spiro atoms. The topological polar surface area (TPSA) is 24.9 Å². The Morgan fingerprint density at radius 1 is 1.21 bits per heavy atom. The van der Waals surface area contributed by atoms with Gasteiger partial charge in [0.25, 0.3) is 0 Å². The quantitative estimate of drug-likeness (QED) is 0.801. The van der Waals surface area contributed by atoms with E-state index >= 15 is 0 Å². The average Bonchev–Trinajstić information content (AvgIpc) is 2.67. The summed E-state index contributed by atoms with van der Waals surface area (Å²) in [5, 5.41) is 3.31. The molecule has 1 aliphatic carbocycles. The number of nitrogens with one attached hydrogen (secondary N) is 1. The predicted octanol–water partition coefficient (Wildman–Crippen LogP) is 4.69. The lowest BCUT2D eigenvalue weighted by atomic mass is 9.61. The van der Waals surface area contributed by atoms with Gasteiger partial charge in [-0.3, -0.25) is 4.98 Å². The second kappa shape index (κ2) is 7.89. The molecular weight excluding hydrogens is 312 g/mol. The Hall–Kier alpha value is -1.74. The van der Waals surface area contributed by atoms with E-state index in [-0.39, 0.29) is 5.41 Å². The van der Waals surface area contributed by atoms with Crippen LogP contribution in [-0.4, -0.2) is 17.0 Å². The van der Waals surface area contributed by atoms with E-state index in [0.717, 1.165) is 17.8 Å². The monoisotopic (exact) mass is 338 g/mol. The van der Waals surface area contributed by atoms with Crippen LogP contribution in [0.5, 0.6) is 0 Å². The fourth-order valence-electron chi connectivity index (χ4n) is 4.28. The van der Waals surface area contributed by atoms with Crippen molar-refractivity contribution in [1.82, 2.24) is 10.3 Å². The molecule has 1 aromatic heterocycles. The van der Waals surface area contributed by atoms with Crippen LogP contribution in [0.4, 0.5) is 0 Å². The number of hydrogen-bond acceptors (Lipinski definition) is 2. The first-order valence-corrected chi connectivity index (χ1v) is 9.35. The molecule has 3 heteroatoms. The van der Waals surface area contributed by atoms with E-state index in [1.54, 1.807) is 0 Å². The first kappa shape index (κ1) is 17.1. The number of hydrogen-bond donors (Lipinski definition) is 1. The molecule has 0 bridgehead atoms. The second-order valence-corrected chi connectivity index (χ2v) is 7.17. The van der Waals surface area contributed by atoms with Crippen LogP contribution in [0.3, 0.4) is 0 Å².